The third-order valence-corrected chi connectivity index (χ3v) is 5.77. The molecule has 0 saturated carbocycles. The zero-order valence-corrected chi connectivity index (χ0v) is 23.1. The summed E-state index contributed by atoms with van der Waals surface area (Å²) in [6.07, 6.45) is 6.23. The van der Waals surface area contributed by atoms with Crippen LogP contribution in [0.2, 0.25) is 0 Å². The minimum atomic E-state index is -0.236. The Bertz CT molecular complexity index is 1370. The van der Waals surface area contributed by atoms with Crippen LogP contribution in [0.25, 0.3) is 33.7 Å². The highest BCUT2D eigenvalue weighted by Crippen LogP contribution is 2.24. The van der Waals surface area contributed by atoms with E-state index in [-0.39, 0.29) is 42.8 Å². The first-order valence-corrected chi connectivity index (χ1v) is 12.4. The van der Waals surface area contributed by atoms with E-state index in [0.29, 0.717) is 26.3 Å². The lowest BCUT2D eigenvalue weighted by atomic mass is 10.0. The normalized spacial score (nSPS) is 10.9. The molecule has 0 spiro atoms. The Morgan fingerprint density at radius 2 is 0.974 bits per heavy atom. The number of allylic oxidation sites excluding steroid dienone is 2. The zero-order valence-electron chi connectivity index (χ0n) is 21.6. The Morgan fingerprint density at radius 1 is 0.590 bits per heavy atom. The molecule has 0 radical (unpaired) electrons. The molecule has 0 bridgehead atoms. The number of quaternary nitrogens is 2. The van der Waals surface area contributed by atoms with Crippen molar-refractivity contribution in [3.63, 3.8) is 0 Å². The van der Waals surface area contributed by atoms with E-state index in [2.05, 4.69) is 11.5 Å². The van der Waals surface area contributed by atoms with Gasteiger partial charge in [-0.25, -0.2) is 0 Å². The van der Waals surface area contributed by atoms with Crippen molar-refractivity contribution in [1.82, 2.24) is 0 Å². The lowest BCUT2D eigenvalue weighted by molar-refractivity contribution is -0.371. The maximum Gasteiger partial charge on any atom is 0.163 e. The molecule has 39 heavy (non-hydrogen) atoms. The lowest BCUT2D eigenvalue weighted by Crippen LogP contribution is -3.00. The average molecular weight is 568 g/mol. The van der Waals surface area contributed by atoms with Crippen molar-refractivity contribution in [1.29, 1.82) is 0 Å². The van der Waals surface area contributed by atoms with Gasteiger partial charge in [0.1, 0.15) is 37.8 Å². The van der Waals surface area contributed by atoms with Crippen molar-refractivity contribution in [3.05, 3.63) is 96.1 Å². The lowest BCUT2D eigenvalue weighted by Gasteiger charge is -2.06. The van der Waals surface area contributed by atoms with Gasteiger partial charge in [0.15, 0.2) is 11.6 Å². The predicted octanol–water partition coefficient (Wildman–Crippen LogP) is -2.50. The smallest absolute Gasteiger partial charge is 0.163 e. The van der Waals surface area contributed by atoms with Crippen molar-refractivity contribution in [3.8, 4) is 11.5 Å². The number of hydrogen-bond donors (Lipinski definition) is 2. The third kappa shape index (κ3) is 9.23. The first-order valence-electron chi connectivity index (χ1n) is 12.4. The summed E-state index contributed by atoms with van der Waals surface area (Å²) in [6, 6.07) is 23.7. The summed E-state index contributed by atoms with van der Waals surface area (Å²) in [4.78, 5) is 24.7. The highest BCUT2D eigenvalue weighted by molar-refractivity contribution is 6.11. The maximum atomic E-state index is 12.3. The van der Waals surface area contributed by atoms with E-state index in [0.717, 1.165) is 44.2 Å². The van der Waals surface area contributed by atoms with Gasteiger partial charge in [0.05, 0.1) is 6.42 Å². The molecule has 0 aliphatic carbocycles. The van der Waals surface area contributed by atoms with Crippen molar-refractivity contribution < 1.29 is 55.3 Å². The fourth-order valence-electron chi connectivity index (χ4n) is 3.92. The van der Waals surface area contributed by atoms with Gasteiger partial charge in [-0.15, -0.1) is 0 Å². The SMILES string of the molecule is [Cl-].[Cl-].[NH3+]CCOc1ccc2cc(/C=C/C(=O)CC(=O)/C=C/c3ccc4cc(OCC[NH3+])ccc4c3)ccc2c1. The topological polar surface area (TPSA) is 108 Å². The molecular formula is C31H32Cl2N2O4. The molecule has 0 saturated heterocycles. The fourth-order valence-corrected chi connectivity index (χ4v) is 3.92. The van der Waals surface area contributed by atoms with Gasteiger partial charge < -0.3 is 45.8 Å². The highest BCUT2D eigenvalue weighted by atomic mass is 35.5. The third-order valence-electron chi connectivity index (χ3n) is 5.77. The summed E-state index contributed by atoms with van der Waals surface area (Å²) in [5.74, 6) is 1.16. The molecule has 0 aliphatic heterocycles. The molecule has 4 aromatic rings. The number of benzene rings is 4. The van der Waals surface area contributed by atoms with Crippen LogP contribution in [0.3, 0.4) is 0 Å². The standard InChI is InChI=1S/C31H30N2O4.2ClH/c32-13-15-36-30-11-7-24-17-22(1-5-26(24)19-30)3-9-28(34)21-29(35)10-4-23-2-6-27-20-31(37-16-14-33)12-8-25(27)18-23;;/h1-12,17-20H,13-16,21,32-33H2;2*1H/b9-3+,10-4+;;. The minimum Gasteiger partial charge on any atom is -1.00 e. The number of carbonyl (C=O) groups is 2. The number of halogens is 2. The van der Waals surface area contributed by atoms with Gasteiger partial charge in [0, 0.05) is 0 Å². The predicted molar refractivity (Wildman–Crippen MR) is 147 cm³/mol. The molecule has 4 aromatic carbocycles. The Hall–Kier alpha value is -3.68. The number of carbonyl (C=O) groups excluding carboxylic acids is 2. The van der Waals surface area contributed by atoms with Crippen LogP contribution in [0.1, 0.15) is 17.5 Å². The van der Waals surface area contributed by atoms with Crippen LogP contribution >= 0.6 is 0 Å². The molecule has 0 fully saturated rings. The second-order valence-corrected chi connectivity index (χ2v) is 8.72. The Kier molecular flexibility index (Phi) is 12.7. The summed E-state index contributed by atoms with van der Waals surface area (Å²) in [7, 11) is 0. The Morgan fingerprint density at radius 3 is 1.38 bits per heavy atom. The highest BCUT2D eigenvalue weighted by Gasteiger charge is 2.05. The van der Waals surface area contributed by atoms with E-state index in [1.165, 1.54) is 12.2 Å². The average Bonchev–Trinajstić information content (AvgIpc) is 2.92. The van der Waals surface area contributed by atoms with Crippen LogP contribution in [0, 0.1) is 0 Å². The van der Waals surface area contributed by atoms with Gasteiger partial charge in [0.2, 0.25) is 0 Å². The summed E-state index contributed by atoms with van der Waals surface area (Å²) in [5.41, 5.74) is 9.35. The van der Waals surface area contributed by atoms with Crippen LogP contribution < -0.4 is 45.8 Å². The monoisotopic (exact) mass is 566 g/mol. The van der Waals surface area contributed by atoms with E-state index in [4.69, 9.17) is 9.47 Å². The van der Waals surface area contributed by atoms with E-state index >= 15 is 0 Å². The molecule has 0 aromatic heterocycles. The van der Waals surface area contributed by atoms with Crippen LogP contribution in [-0.2, 0) is 9.59 Å². The van der Waals surface area contributed by atoms with Gasteiger partial charge >= 0.3 is 0 Å². The molecule has 0 aliphatic rings. The van der Waals surface area contributed by atoms with Crippen molar-refractivity contribution >= 4 is 45.3 Å². The molecular weight excluding hydrogens is 535 g/mol. The number of ketones is 2. The molecule has 0 atom stereocenters. The van der Waals surface area contributed by atoms with Crippen LogP contribution in [0.5, 0.6) is 11.5 Å². The molecule has 0 heterocycles. The summed E-state index contributed by atoms with van der Waals surface area (Å²) in [5, 5.41) is 4.21. The zero-order chi connectivity index (χ0) is 26.0. The van der Waals surface area contributed by atoms with Gasteiger partial charge in [-0.1, -0.05) is 48.6 Å². The van der Waals surface area contributed by atoms with Crippen molar-refractivity contribution in [2.24, 2.45) is 0 Å². The quantitative estimate of drug-likeness (QED) is 0.146. The minimum absolute atomic E-state index is 0. The van der Waals surface area contributed by atoms with Crippen LogP contribution in [0.4, 0.5) is 0 Å². The molecule has 4 rings (SSSR count). The summed E-state index contributed by atoms with van der Waals surface area (Å²) < 4.78 is 11.3. The largest absolute Gasteiger partial charge is 1.00 e. The molecule has 6 nitrogen and oxygen atoms in total. The second kappa shape index (κ2) is 15.7. The Labute approximate surface area is 240 Å². The van der Waals surface area contributed by atoms with Gasteiger partial charge in [-0.3, -0.25) is 9.59 Å². The number of ether oxygens (including phenoxy) is 2. The van der Waals surface area contributed by atoms with Gasteiger partial charge in [-0.2, -0.15) is 0 Å². The van der Waals surface area contributed by atoms with E-state index < -0.39 is 0 Å². The van der Waals surface area contributed by atoms with Crippen molar-refractivity contribution in [2.75, 3.05) is 26.3 Å². The van der Waals surface area contributed by atoms with E-state index in [9.17, 15) is 9.59 Å². The maximum absolute atomic E-state index is 12.3. The second-order valence-electron chi connectivity index (χ2n) is 8.72. The molecule has 204 valence electrons. The van der Waals surface area contributed by atoms with E-state index in [1.807, 2.05) is 72.8 Å². The van der Waals surface area contributed by atoms with Crippen LogP contribution in [-0.4, -0.2) is 37.9 Å². The summed E-state index contributed by atoms with van der Waals surface area (Å²) >= 11 is 0. The van der Waals surface area contributed by atoms with E-state index in [1.54, 1.807) is 12.2 Å². The molecule has 6 N–H and O–H groups in total. The molecule has 0 amide bonds. The molecule has 8 heteroatoms. The summed E-state index contributed by atoms with van der Waals surface area (Å²) in [6.45, 7) is 2.59. The molecule has 0 unspecified atom stereocenters. The fraction of sp³-hybridized carbons (Fsp3) is 0.161. The number of hydrogen-bond acceptors (Lipinski definition) is 4. The first-order chi connectivity index (χ1) is 18.0. The first kappa shape index (κ1) is 31.5. The van der Waals surface area contributed by atoms with Gasteiger partial charge in [0.25, 0.3) is 0 Å². The van der Waals surface area contributed by atoms with Crippen molar-refractivity contribution in [2.45, 2.75) is 6.42 Å². The van der Waals surface area contributed by atoms with Crippen LogP contribution in [0.15, 0.2) is 84.9 Å². The Balaban J connectivity index is 0.00000267. The number of rotatable bonds is 12. The van der Waals surface area contributed by atoms with Gasteiger partial charge in [-0.05, 0) is 81.2 Å². The number of fused-ring (bicyclic) bond motifs is 2.